The van der Waals surface area contributed by atoms with Crippen molar-refractivity contribution >= 4 is 0 Å². The van der Waals surface area contributed by atoms with Gasteiger partial charge in [-0.05, 0) is 119 Å². The summed E-state index contributed by atoms with van der Waals surface area (Å²) >= 11 is 0. The van der Waals surface area contributed by atoms with Crippen molar-refractivity contribution in [3.05, 3.63) is 0 Å². The zero-order chi connectivity index (χ0) is 21.7. The Kier molecular flexibility index (Phi) is 7.79. The summed E-state index contributed by atoms with van der Waals surface area (Å²) in [5.74, 6) is 18.9. The van der Waals surface area contributed by atoms with Crippen molar-refractivity contribution < 1.29 is 0 Å². The minimum Gasteiger partial charge on any atom is -0.0826 e. The third-order valence-electron chi connectivity index (χ3n) is 10.1. The molecule has 0 bridgehead atoms. The summed E-state index contributed by atoms with van der Waals surface area (Å²) < 4.78 is 0. The van der Waals surface area contributed by atoms with Crippen LogP contribution in [0.4, 0.5) is 0 Å². The molecule has 0 heteroatoms. The molecule has 4 rings (SSSR count). The van der Waals surface area contributed by atoms with E-state index < -0.39 is 0 Å². The lowest BCUT2D eigenvalue weighted by Gasteiger charge is -2.39. The Balaban J connectivity index is 1.23. The summed E-state index contributed by atoms with van der Waals surface area (Å²) in [6.45, 7) is 7.24. The molecule has 0 aromatic carbocycles. The van der Waals surface area contributed by atoms with Crippen LogP contribution in [0.1, 0.15) is 130 Å². The average molecular weight is 421 g/mol. The Morgan fingerprint density at radius 3 is 1.32 bits per heavy atom. The van der Waals surface area contributed by atoms with Crippen molar-refractivity contribution in [3.63, 3.8) is 0 Å². The van der Waals surface area contributed by atoms with Crippen LogP contribution < -0.4 is 0 Å². The second-order valence-electron chi connectivity index (χ2n) is 12.7. The number of hydrogen-bond acceptors (Lipinski definition) is 0. The van der Waals surface area contributed by atoms with E-state index in [2.05, 4.69) is 44.5 Å². The minimum atomic E-state index is 0.215. The Morgan fingerprint density at radius 2 is 0.871 bits per heavy atom. The highest BCUT2D eigenvalue weighted by Crippen LogP contribution is 2.46. The van der Waals surface area contributed by atoms with E-state index in [0.717, 1.165) is 29.6 Å². The predicted molar refractivity (Wildman–Crippen MR) is 133 cm³/mol. The minimum absolute atomic E-state index is 0.215. The van der Waals surface area contributed by atoms with Crippen LogP contribution in [0.15, 0.2) is 0 Å². The van der Waals surface area contributed by atoms with Gasteiger partial charge in [0.1, 0.15) is 0 Å². The van der Waals surface area contributed by atoms with E-state index in [1.807, 2.05) is 0 Å². The first kappa shape index (κ1) is 23.3. The quantitative estimate of drug-likeness (QED) is 0.391. The maximum absolute atomic E-state index is 3.62. The second-order valence-corrected chi connectivity index (χ2v) is 12.7. The molecule has 4 saturated carbocycles. The third kappa shape index (κ3) is 6.34. The summed E-state index contributed by atoms with van der Waals surface area (Å²) in [6.07, 6.45) is 24.1. The summed E-state index contributed by atoms with van der Waals surface area (Å²) in [4.78, 5) is 0. The lowest BCUT2D eigenvalue weighted by Crippen LogP contribution is -2.29. The molecule has 0 unspecified atom stereocenters. The van der Waals surface area contributed by atoms with Crippen molar-refractivity contribution in [2.24, 2.45) is 40.4 Å². The summed E-state index contributed by atoms with van der Waals surface area (Å²) in [5.41, 5.74) is 0.434. The van der Waals surface area contributed by atoms with Crippen LogP contribution in [0.3, 0.4) is 0 Å². The highest BCUT2D eigenvalue weighted by atomic mass is 14.4. The molecule has 0 aromatic heterocycles. The van der Waals surface area contributed by atoms with E-state index >= 15 is 0 Å². The predicted octanol–water partition coefficient (Wildman–Crippen LogP) is 8.79. The van der Waals surface area contributed by atoms with Crippen LogP contribution in [-0.4, -0.2) is 0 Å². The molecule has 0 nitrogen and oxygen atoms in total. The molecule has 4 aliphatic rings. The molecule has 4 aliphatic carbocycles. The second kappa shape index (κ2) is 10.4. The van der Waals surface area contributed by atoms with Gasteiger partial charge in [0.05, 0.1) is 0 Å². The van der Waals surface area contributed by atoms with E-state index in [9.17, 15) is 0 Å². The molecular weight excluding hydrogens is 372 g/mol. The fourth-order valence-corrected chi connectivity index (χ4v) is 7.47. The van der Waals surface area contributed by atoms with Crippen molar-refractivity contribution in [2.45, 2.75) is 130 Å². The smallest absolute Gasteiger partial charge is 0.0297 e. The molecule has 31 heavy (non-hydrogen) atoms. The topological polar surface area (TPSA) is 0 Å². The van der Waals surface area contributed by atoms with Gasteiger partial charge in [0.25, 0.3) is 0 Å². The molecule has 0 atom stereocenters. The fourth-order valence-electron chi connectivity index (χ4n) is 7.47. The number of rotatable bonds is 2. The standard InChI is InChI=1S/C31H48/c1-25-11-13-27(14-12-25)29-17-23-31(3,24-18-29)20-8-7-19-30(2)21-15-28(16-22-30)26-9-5-4-6-10-26/h25-29H,4-6,9-18,21-24H2,1-3H3. The fraction of sp³-hybridized carbons (Fsp3) is 0.871. The molecule has 0 radical (unpaired) electrons. The van der Waals surface area contributed by atoms with Crippen LogP contribution in [0.25, 0.3) is 0 Å². The van der Waals surface area contributed by atoms with E-state index in [1.165, 1.54) is 109 Å². The van der Waals surface area contributed by atoms with Gasteiger partial charge in [-0.1, -0.05) is 63.7 Å². The lowest BCUT2D eigenvalue weighted by atomic mass is 9.65. The summed E-state index contributed by atoms with van der Waals surface area (Å²) in [5, 5.41) is 0. The maximum atomic E-state index is 3.62. The molecule has 0 amide bonds. The molecule has 0 N–H and O–H groups in total. The van der Waals surface area contributed by atoms with Crippen LogP contribution in [0.2, 0.25) is 0 Å². The largest absolute Gasteiger partial charge is 0.0826 e. The Hall–Kier alpha value is -0.880. The Bertz CT molecular complexity index is 676. The highest BCUT2D eigenvalue weighted by Gasteiger charge is 2.35. The van der Waals surface area contributed by atoms with E-state index in [1.54, 1.807) is 0 Å². The van der Waals surface area contributed by atoms with Crippen molar-refractivity contribution in [3.8, 4) is 23.7 Å². The average Bonchev–Trinajstić information content (AvgIpc) is 2.79. The molecule has 172 valence electrons. The Labute approximate surface area is 194 Å². The Morgan fingerprint density at radius 1 is 0.484 bits per heavy atom. The van der Waals surface area contributed by atoms with Gasteiger partial charge in [0.15, 0.2) is 0 Å². The van der Waals surface area contributed by atoms with Crippen LogP contribution in [0, 0.1) is 64.1 Å². The van der Waals surface area contributed by atoms with Gasteiger partial charge in [-0.15, -0.1) is 0 Å². The van der Waals surface area contributed by atoms with Crippen LogP contribution in [-0.2, 0) is 0 Å². The lowest BCUT2D eigenvalue weighted by molar-refractivity contribution is 0.134. The zero-order valence-corrected chi connectivity index (χ0v) is 20.9. The van der Waals surface area contributed by atoms with Gasteiger partial charge >= 0.3 is 0 Å². The summed E-state index contributed by atoms with van der Waals surface area (Å²) in [6, 6.07) is 0. The molecule has 0 spiro atoms. The van der Waals surface area contributed by atoms with E-state index in [-0.39, 0.29) is 10.8 Å². The monoisotopic (exact) mass is 420 g/mol. The SMILES string of the molecule is CC1CCC(C2CCC(C)(C#CC#CC3(C)CCC(C4CCCCC4)CC3)CC2)CC1. The van der Waals surface area contributed by atoms with Gasteiger partial charge in [-0.25, -0.2) is 0 Å². The number of hydrogen-bond donors (Lipinski definition) is 0. The molecule has 0 heterocycles. The van der Waals surface area contributed by atoms with Crippen molar-refractivity contribution in [1.29, 1.82) is 0 Å². The normalized spacial score (nSPS) is 42.0. The van der Waals surface area contributed by atoms with Gasteiger partial charge in [0, 0.05) is 10.8 Å². The van der Waals surface area contributed by atoms with Gasteiger partial charge in [0.2, 0.25) is 0 Å². The molecule has 4 fully saturated rings. The molecular formula is C31H48. The van der Waals surface area contributed by atoms with E-state index in [0.29, 0.717) is 0 Å². The van der Waals surface area contributed by atoms with Crippen LogP contribution >= 0.6 is 0 Å². The molecule has 0 saturated heterocycles. The molecule has 0 aliphatic heterocycles. The van der Waals surface area contributed by atoms with Crippen LogP contribution in [0.5, 0.6) is 0 Å². The zero-order valence-electron chi connectivity index (χ0n) is 20.9. The highest BCUT2D eigenvalue weighted by molar-refractivity contribution is 5.31. The summed E-state index contributed by atoms with van der Waals surface area (Å²) in [7, 11) is 0. The van der Waals surface area contributed by atoms with Gasteiger partial charge in [-0.2, -0.15) is 0 Å². The van der Waals surface area contributed by atoms with Gasteiger partial charge in [-0.3, -0.25) is 0 Å². The molecule has 0 aromatic rings. The maximum Gasteiger partial charge on any atom is 0.0297 e. The van der Waals surface area contributed by atoms with E-state index in [4.69, 9.17) is 0 Å². The van der Waals surface area contributed by atoms with Crippen molar-refractivity contribution in [1.82, 2.24) is 0 Å². The first-order chi connectivity index (χ1) is 14.9. The third-order valence-corrected chi connectivity index (χ3v) is 10.1. The first-order valence-electron chi connectivity index (χ1n) is 14.0. The van der Waals surface area contributed by atoms with Crippen molar-refractivity contribution in [2.75, 3.05) is 0 Å². The van der Waals surface area contributed by atoms with Gasteiger partial charge < -0.3 is 0 Å². The first-order valence-corrected chi connectivity index (χ1v) is 14.0.